The average molecular weight is 348 g/mol. The van der Waals surface area contributed by atoms with Gasteiger partial charge in [-0.2, -0.15) is 0 Å². The molecule has 0 saturated carbocycles. The molecular formula is C19H24ClN2O2+. The quantitative estimate of drug-likeness (QED) is 0.804. The lowest BCUT2D eigenvalue weighted by Crippen LogP contribution is -3.04. The maximum atomic E-state index is 12.0. The van der Waals surface area contributed by atoms with Crippen molar-refractivity contribution < 1.29 is 14.4 Å². The monoisotopic (exact) mass is 347 g/mol. The second kappa shape index (κ2) is 8.71. The van der Waals surface area contributed by atoms with Crippen LogP contribution >= 0.6 is 11.6 Å². The number of ether oxygens (including phenoxy) is 1. The topological polar surface area (TPSA) is 42.8 Å². The van der Waals surface area contributed by atoms with Crippen LogP contribution in [0.15, 0.2) is 42.5 Å². The molecule has 0 heterocycles. The molecule has 0 fully saturated rings. The van der Waals surface area contributed by atoms with Gasteiger partial charge in [0.1, 0.15) is 12.3 Å². The van der Waals surface area contributed by atoms with Gasteiger partial charge in [0.15, 0.2) is 6.61 Å². The van der Waals surface area contributed by atoms with E-state index >= 15 is 0 Å². The maximum Gasteiger partial charge on any atom is 0.258 e. The maximum absolute atomic E-state index is 12.0. The van der Waals surface area contributed by atoms with Crippen LogP contribution in [-0.2, 0) is 17.9 Å². The molecule has 0 bridgehead atoms. The molecule has 1 amide bonds. The van der Waals surface area contributed by atoms with Crippen LogP contribution in [0, 0.1) is 6.92 Å². The number of halogens is 1. The van der Waals surface area contributed by atoms with Crippen LogP contribution in [0.2, 0.25) is 5.02 Å². The number of benzene rings is 2. The Morgan fingerprint density at radius 3 is 2.58 bits per heavy atom. The van der Waals surface area contributed by atoms with Crippen LogP contribution in [0.25, 0.3) is 0 Å². The van der Waals surface area contributed by atoms with Crippen LogP contribution in [0.1, 0.15) is 16.7 Å². The highest BCUT2D eigenvalue weighted by Crippen LogP contribution is 2.25. The Bertz CT molecular complexity index is 702. The lowest BCUT2D eigenvalue weighted by atomic mass is 10.1. The fraction of sp³-hybridized carbons (Fsp3) is 0.316. The zero-order valence-electron chi connectivity index (χ0n) is 14.4. The van der Waals surface area contributed by atoms with E-state index in [1.165, 1.54) is 10.5 Å². The second-order valence-corrected chi connectivity index (χ2v) is 6.56. The molecule has 24 heavy (non-hydrogen) atoms. The summed E-state index contributed by atoms with van der Waals surface area (Å²) >= 11 is 6.06. The predicted molar refractivity (Wildman–Crippen MR) is 96.5 cm³/mol. The number of hydrogen-bond acceptors (Lipinski definition) is 2. The molecule has 0 radical (unpaired) electrons. The van der Waals surface area contributed by atoms with Gasteiger partial charge in [-0.15, -0.1) is 0 Å². The highest BCUT2D eigenvalue weighted by Gasteiger charge is 2.09. The summed E-state index contributed by atoms with van der Waals surface area (Å²) in [6.07, 6.45) is 0. The van der Waals surface area contributed by atoms with E-state index in [4.69, 9.17) is 16.3 Å². The minimum Gasteiger partial charge on any atom is -0.482 e. The third kappa shape index (κ3) is 5.55. The average Bonchev–Trinajstić information content (AvgIpc) is 2.54. The molecule has 2 rings (SSSR count). The lowest BCUT2D eigenvalue weighted by Gasteiger charge is -2.13. The van der Waals surface area contributed by atoms with Gasteiger partial charge < -0.3 is 15.0 Å². The molecule has 0 aliphatic heterocycles. The number of quaternary nitrogens is 1. The molecule has 2 N–H and O–H groups in total. The van der Waals surface area contributed by atoms with Crippen LogP contribution in [-0.4, -0.2) is 26.6 Å². The van der Waals surface area contributed by atoms with Crippen molar-refractivity contribution >= 4 is 17.5 Å². The molecule has 2 aromatic carbocycles. The first-order valence-electron chi connectivity index (χ1n) is 7.97. The summed E-state index contributed by atoms with van der Waals surface area (Å²) in [5.41, 5.74) is 3.40. The zero-order chi connectivity index (χ0) is 17.5. The van der Waals surface area contributed by atoms with E-state index in [0.29, 0.717) is 17.3 Å². The fourth-order valence-electron chi connectivity index (χ4n) is 2.39. The molecule has 4 nitrogen and oxygen atoms in total. The van der Waals surface area contributed by atoms with Gasteiger partial charge in [0, 0.05) is 12.1 Å². The van der Waals surface area contributed by atoms with Gasteiger partial charge in [-0.25, -0.2) is 0 Å². The molecule has 0 aliphatic rings. The second-order valence-electron chi connectivity index (χ2n) is 6.15. The smallest absolute Gasteiger partial charge is 0.258 e. The standard InChI is InChI=1S/C19H23ClN2O2/c1-14-8-9-17(20)18(10-14)24-13-19(23)21-11-15-6-4-5-7-16(15)12-22(2)3/h4-10H,11-13H2,1-3H3,(H,21,23)/p+1. The number of carbonyl (C=O) groups is 1. The van der Waals surface area contributed by atoms with Crippen molar-refractivity contribution in [2.24, 2.45) is 0 Å². The Balaban J connectivity index is 1.88. The third-order valence-corrected chi connectivity index (χ3v) is 3.90. The number of carbonyl (C=O) groups excluding carboxylic acids is 1. The number of aryl methyl sites for hydroxylation is 1. The van der Waals surface area contributed by atoms with Crippen molar-refractivity contribution in [1.82, 2.24) is 5.32 Å². The highest BCUT2D eigenvalue weighted by atomic mass is 35.5. The number of rotatable bonds is 7. The van der Waals surface area contributed by atoms with E-state index in [1.807, 2.05) is 37.3 Å². The minimum atomic E-state index is -0.167. The van der Waals surface area contributed by atoms with Crippen LogP contribution in [0.3, 0.4) is 0 Å². The number of nitrogens with one attached hydrogen (secondary N) is 2. The highest BCUT2D eigenvalue weighted by molar-refractivity contribution is 6.32. The Morgan fingerprint density at radius 1 is 1.17 bits per heavy atom. The summed E-state index contributed by atoms with van der Waals surface area (Å²) in [5.74, 6) is 0.364. The van der Waals surface area contributed by atoms with Crippen molar-refractivity contribution in [2.75, 3.05) is 20.7 Å². The Kier molecular flexibility index (Phi) is 6.64. The molecule has 0 unspecified atom stereocenters. The van der Waals surface area contributed by atoms with E-state index in [0.717, 1.165) is 17.7 Å². The summed E-state index contributed by atoms with van der Waals surface area (Å²) in [4.78, 5) is 13.4. The van der Waals surface area contributed by atoms with Crippen molar-refractivity contribution in [3.05, 3.63) is 64.2 Å². The van der Waals surface area contributed by atoms with E-state index in [2.05, 4.69) is 25.5 Å². The fourth-order valence-corrected chi connectivity index (χ4v) is 2.56. The summed E-state index contributed by atoms with van der Waals surface area (Å²) in [7, 11) is 4.21. The predicted octanol–water partition coefficient (Wildman–Crippen LogP) is 1.99. The first kappa shape index (κ1) is 18.3. The first-order chi connectivity index (χ1) is 11.5. The summed E-state index contributed by atoms with van der Waals surface area (Å²) in [6.45, 7) is 3.31. The molecule has 128 valence electrons. The normalized spacial score (nSPS) is 10.7. The molecule has 2 aromatic rings. The van der Waals surface area contributed by atoms with Crippen LogP contribution in [0.5, 0.6) is 5.75 Å². The lowest BCUT2D eigenvalue weighted by molar-refractivity contribution is -0.872. The SMILES string of the molecule is Cc1ccc(Cl)c(OCC(=O)NCc2ccccc2C[NH+](C)C)c1. The Morgan fingerprint density at radius 2 is 1.88 bits per heavy atom. The van der Waals surface area contributed by atoms with Gasteiger partial charge in [0.05, 0.1) is 19.1 Å². The zero-order valence-corrected chi connectivity index (χ0v) is 15.1. The third-order valence-electron chi connectivity index (χ3n) is 3.58. The van der Waals surface area contributed by atoms with Gasteiger partial charge in [0.25, 0.3) is 5.91 Å². The van der Waals surface area contributed by atoms with Gasteiger partial charge in [-0.3, -0.25) is 4.79 Å². The molecule has 0 spiro atoms. The van der Waals surface area contributed by atoms with Crippen LogP contribution < -0.4 is 15.0 Å². The van der Waals surface area contributed by atoms with Crippen molar-refractivity contribution in [3.63, 3.8) is 0 Å². The molecule has 5 heteroatoms. The van der Waals surface area contributed by atoms with Crippen LogP contribution in [0.4, 0.5) is 0 Å². The molecule has 0 aliphatic carbocycles. The van der Waals surface area contributed by atoms with Gasteiger partial charge in [-0.1, -0.05) is 41.9 Å². The summed E-state index contributed by atoms with van der Waals surface area (Å²) in [5, 5.41) is 3.41. The van der Waals surface area contributed by atoms with Gasteiger partial charge in [0.2, 0.25) is 0 Å². The minimum absolute atomic E-state index is 0.0513. The van der Waals surface area contributed by atoms with E-state index < -0.39 is 0 Å². The number of amides is 1. The molecule has 0 aromatic heterocycles. The van der Waals surface area contributed by atoms with Crippen molar-refractivity contribution in [1.29, 1.82) is 0 Å². The largest absolute Gasteiger partial charge is 0.482 e. The van der Waals surface area contributed by atoms with Crippen molar-refractivity contribution in [2.45, 2.75) is 20.0 Å². The van der Waals surface area contributed by atoms with E-state index in [-0.39, 0.29) is 12.5 Å². The van der Waals surface area contributed by atoms with Gasteiger partial charge in [-0.05, 0) is 30.2 Å². The van der Waals surface area contributed by atoms with E-state index in [1.54, 1.807) is 6.07 Å². The first-order valence-corrected chi connectivity index (χ1v) is 8.35. The number of hydrogen-bond donors (Lipinski definition) is 2. The molecule has 0 atom stereocenters. The summed E-state index contributed by atoms with van der Waals surface area (Å²) in [6, 6.07) is 13.6. The Hall–Kier alpha value is -2.04. The Labute approximate surface area is 148 Å². The van der Waals surface area contributed by atoms with Gasteiger partial charge >= 0.3 is 0 Å². The van der Waals surface area contributed by atoms with E-state index in [9.17, 15) is 4.79 Å². The summed E-state index contributed by atoms with van der Waals surface area (Å²) < 4.78 is 5.51. The molecule has 0 saturated heterocycles. The van der Waals surface area contributed by atoms with Crippen molar-refractivity contribution in [3.8, 4) is 5.75 Å². The molecular weight excluding hydrogens is 324 g/mol.